The molecule has 2 N–H and O–H groups in total. The summed E-state index contributed by atoms with van der Waals surface area (Å²) in [5, 5.41) is 5.19. The Balaban J connectivity index is 2.17. The third-order valence-corrected chi connectivity index (χ3v) is 5.49. The average molecular weight is 378 g/mol. The van der Waals surface area contributed by atoms with Gasteiger partial charge in [0.25, 0.3) is 0 Å². The van der Waals surface area contributed by atoms with Gasteiger partial charge in [-0.1, -0.05) is 12.2 Å². The molecular formula is C19H30N4O4. The largest absolute Gasteiger partial charge is 0.358 e. The predicted molar refractivity (Wildman–Crippen MR) is 100 cm³/mol. The van der Waals surface area contributed by atoms with Gasteiger partial charge in [-0.15, -0.1) is 0 Å². The highest BCUT2D eigenvalue weighted by molar-refractivity contribution is 5.92. The summed E-state index contributed by atoms with van der Waals surface area (Å²) in [7, 11) is 4.71. The topological polar surface area (TPSA) is 98.8 Å². The lowest BCUT2D eigenvalue weighted by molar-refractivity contribution is -0.152. The van der Waals surface area contributed by atoms with E-state index < -0.39 is 11.8 Å². The van der Waals surface area contributed by atoms with Crippen molar-refractivity contribution in [2.24, 2.45) is 23.7 Å². The van der Waals surface area contributed by atoms with E-state index in [4.69, 9.17) is 0 Å². The van der Waals surface area contributed by atoms with E-state index in [0.717, 1.165) is 12.8 Å². The van der Waals surface area contributed by atoms with E-state index in [2.05, 4.69) is 10.6 Å². The molecule has 0 aromatic heterocycles. The van der Waals surface area contributed by atoms with Crippen LogP contribution in [0.5, 0.6) is 0 Å². The van der Waals surface area contributed by atoms with Crippen molar-refractivity contribution in [1.82, 2.24) is 20.4 Å². The molecule has 0 radical (unpaired) electrons. The molecule has 27 heavy (non-hydrogen) atoms. The fourth-order valence-electron chi connectivity index (χ4n) is 4.10. The van der Waals surface area contributed by atoms with Gasteiger partial charge in [0.05, 0.1) is 24.9 Å². The summed E-state index contributed by atoms with van der Waals surface area (Å²) in [6.45, 7) is 2.26. The Kier molecular flexibility index (Phi) is 6.98. The molecule has 8 nitrogen and oxygen atoms in total. The van der Waals surface area contributed by atoms with Crippen LogP contribution in [0.1, 0.15) is 19.8 Å². The van der Waals surface area contributed by atoms with Crippen LogP contribution in [-0.2, 0) is 19.2 Å². The summed E-state index contributed by atoms with van der Waals surface area (Å²) < 4.78 is 0. The van der Waals surface area contributed by atoms with E-state index in [1.54, 1.807) is 14.1 Å². The molecule has 0 saturated heterocycles. The highest BCUT2D eigenvalue weighted by Crippen LogP contribution is 2.46. The predicted octanol–water partition coefficient (Wildman–Crippen LogP) is -0.386. The monoisotopic (exact) mass is 378 g/mol. The quantitative estimate of drug-likeness (QED) is 0.590. The molecule has 4 atom stereocenters. The number of nitrogens with zero attached hydrogens (tertiary/aromatic N) is 2. The molecule has 1 fully saturated rings. The Morgan fingerprint density at radius 3 is 1.70 bits per heavy atom. The molecular weight excluding hydrogens is 348 g/mol. The Labute approximate surface area is 160 Å². The van der Waals surface area contributed by atoms with Crippen molar-refractivity contribution >= 4 is 23.6 Å². The smallest absolute Gasteiger partial charge is 0.239 e. The first-order chi connectivity index (χ1) is 12.8. The third-order valence-electron chi connectivity index (χ3n) is 5.49. The lowest BCUT2D eigenvalue weighted by Crippen LogP contribution is -2.54. The first-order valence-electron chi connectivity index (χ1n) is 9.45. The fraction of sp³-hybridized carbons (Fsp3) is 0.684. The number of carbonyl (C=O) groups is 4. The zero-order chi connectivity index (χ0) is 20.1. The molecule has 3 aliphatic rings. The Hall–Kier alpha value is -2.38. The van der Waals surface area contributed by atoms with Crippen LogP contribution in [-0.4, -0.2) is 74.2 Å². The van der Waals surface area contributed by atoms with Gasteiger partial charge in [-0.3, -0.25) is 19.2 Å². The number of likely N-dealkylation sites (N-methyl/N-ethyl adjacent to an activating group) is 4. The minimum absolute atomic E-state index is 0.0125. The molecule has 0 aromatic carbocycles. The van der Waals surface area contributed by atoms with Gasteiger partial charge in [-0.05, 0) is 31.6 Å². The van der Waals surface area contributed by atoms with Gasteiger partial charge in [-0.2, -0.15) is 0 Å². The molecule has 0 aromatic rings. The number of hydrogen-bond donors (Lipinski definition) is 2. The van der Waals surface area contributed by atoms with Crippen LogP contribution in [0.4, 0.5) is 0 Å². The Morgan fingerprint density at radius 2 is 1.33 bits per heavy atom. The van der Waals surface area contributed by atoms with Gasteiger partial charge < -0.3 is 20.4 Å². The van der Waals surface area contributed by atoms with Gasteiger partial charge >= 0.3 is 0 Å². The Morgan fingerprint density at radius 1 is 0.889 bits per heavy atom. The van der Waals surface area contributed by atoms with E-state index in [1.165, 1.54) is 16.8 Å². The zero-order valence-electron chi connectivity index (χ0n) is 16.5. The van der Waals surface area contributed by atoms with Crippen molar-refractivity contribution in [3.8, 4) is 0 Å². The van der Waals surface area contributed by atoms with E-state index in [1.807, 2.05) is 19.1 Å². The average Bonchev–Trinajstić information content (AvgIpc) is 2.66. The summed E-state index contributed by atoms with van der Waals surface area (Å²) in [5.74, 6) is -1.86. The van der Waals surface area contributed by atoms with Gasteiger partial charge in [0.15, 0.2) is 0 Å². The second-order valence-electron chi connectivity index (χ2n) is 7.36. The van der Waals surface area contributed by atoms with Gasteiger partial charge in [0.2, 0.25) is 23.6 Å². The highest BCUT2D eigenvalue weighted by atomic mass is 16.2. The second-order valence-corrected chi connectivity index (χ2v) is 7.36. The maximum Gasteiger partial charge on any atom is 0.239 e. The van der Waals surface area contributed by atoms with E-state index >= 15 is 0 Å². The molecule has 1 saturated carbocycles. The first kappa shape index (κ1) is 20.9. The normalized spacial score (nSPS) is 25.6. The van der Waals surface area contributed by atoms with Crippen LogP contribution in [0, 0.1) is 23.7 Å². The van der Waals surface area contributed by atoms with Crippen molar-refractivity contribution in [2.45, 2.75) is 19.8 Å². The SMILES string of the molecule is CCNC(=O)CN(C)C(=O)C1C2C=CC(CC2)C1C(=O)N(C)CC(=O)NC. The number of nitrogens with one attached hydrogen (secondary N) is 2. The van der Waals surface area contributed by atoms with E-state index in [9.17, 15) is 19.2 Å². The minimum atomic E-state index is -0.493. The van der Waals surface area contributed by atoms with Crippen molar-refractivity contribution in [3.63, 3.8) is 0 Å². The van der Waals surface area contributed by atoms with Crippen molar-refractivity contribution in [3.05, 3.63) is 12.2 Å². The standard InChI is InChI=1S/C19H30N4O4/c1-5-21-15(25)11-23(4)19(27)17-13-8-6-12(7-9-13)16(17)18(26)22(3)10-14(24)20-2/h6,8,12-13,16-17H,5,7,9-11H2,1-4H3,(H,20,24)(H,21,25). The third kappa shape index (κ3) is 4.67. The maximum absolute atomic E-state index is 13.1. The first-order valence-corrected chi connectivity index (χ1v) is 9.45. The van der Waals surface area contributed by atoms with Crippen LogP contribution in [0.25, 0.3) is 0 Å². The Bertz CT molecular complexity index is 633. The maximum atomic E-state index is 13.1. The van der Waals surface area contributed by atoms with Crippen LogP contribution >= 0.6 is 0 Å². The van der Waals surface area contributed by atoms with Gasteiger partial charge in [0, 0.05) is 27.7 Å². The second kappa shape index (κ2) is 9.01. The molecule has 3 rings (SSSR count). The van der Waals surface area contributed by atoms with E-state index in [0.29, 0.717) is 6.54 Å². The summed E-state index contributed by atoms with van der Waals surface area (Å²) in [4.78, 5) is 52.4. The number of fused-ring (bicyclic) bond motifs is 2. The molecule has 0 heterocycles. The number of hydrogen-bond acceptors (Lipinski definition) is 4. The minimum Gasteiger partial charge on any atom is -0.358 e. The van der Waals surface area contributed by atoms with Crippen LogP contribution in [0.15, 0.2) is 12.2 Å². The lowest BCUT2D eigenvalue weighted by Gasteiger charge is -2.45. The summed E-state index contributed by atoms with van der Waals surface area (Å²) >= 11 is 0. The van der Waals surface area contributed by atoms with Gasteiger partial charge in [-0.25, -0.2) is 0 Å². The van der Waals surface area contributed by atoms with Crippen molar-refractivity contribution in [1.29, 1.82) is 0 Å². The zero-order valence-corrected chi connectivity index (χ0v) is 16.5. The molecule has 2 bridgehead atoms. The van der Waals surface area contributed by atoms with Crippen molar-refractivity contribution in [2.75, 3.05) is 40.8 Å². The molecule has 150 valence electrons. The molecule has 4 unspecified atom stereocenters. The fourth-order valence-corrected chi connectivity index (χ4v) is 4.10. The molecule has 3 aliphatic carbocycles. The number of carbonyl (C=O) groups excluding carboxylic acids is 4. The van der Waals surface area contributed by atoms with Crippen molar-refractivity contribution < 1.29 is 19.2 Å². The number of amides is 4. The lowest BCUT2D eigenvalue weighted by atomic mass is 9.61. The summed E-state index contributed by atoms with van der Waals surface area (Å²) in [5.41, 5.74) is 0. The van der Waals surface area contributed by atoms with Crippen LogP contribution < -0.4 is 10.6 Å². The highest BCUT2D eigenvalue weighted by Gasteiger charge is 2.49. The summed E-state index contributed by atoms with van der Waals surface area (Å²) in [6, 6.07) is 0. The molecule has 0 spiro atoms. The molecule has 0 aliphatic heterocycles. The van der Waals surface area contributed by atoms with Crippen LogP contribution in [0.2, 0.25) is 0 Å². The number of allylic oxidation sites excluding steroid dienone is 2. The summed E-state index contributed by atoms with van der Waals surface area (Å²) in [6.07, 6.45) is 5.77. The van der Waals surface area contributed by atoms with E-state index in [-0.39, 0.29) is 48.6 Å². The van der Waals surface area contributed by atoms with Crippen LogP contribution in [0.3, 0.4) is 0 Å². The van der Waals surface area contributed by atoms with Gasteiger partial charge in [0.1, 0.15) is 0 Å². The molecule has 8 heteroatoms. The number of rotatable bonds is 7. The molecule has 4 amide bonds.